The van der Waals surface area contributed by atoms with Crippen LogP contribution in [0.2, 0.25) is 0 Å². The number of aliphatic hydroxyl groups excluding tert-OH is 1. The van der Waals surface area contributed by atoms with Gasteiger partial charge in [-0.3, -0.25) is 10.1 Å². The van der Waals surface area contributed by atoms with Crippen LogP contribution in [-0.4, -0.2) is 28.4 Å². The van der Waals surface area contributed by atoms with Crippen LogP contribution in [0.15, 0.2) is 18.2 Å². The Kier molecular flexibility index (Phi) is 6.66. The fourth-order valence-corrected chi connectivity index (χ4v) is 2.41. The second kappa shape index (κ2) is 8.01. The lowest BCUT2D eigenvalue weighted by Crippen LogP contribution is -2.07. The van der Waals surface area contributed by atoms with Gasteiger partial charge in [-0.15, -0.1) is 0 Å². The molecule has 106 valence electrons. The van der Waals surface area contributed by atoms with E-state index in [9.17, 15) is 10.1 Å². The predicted octanol–water partition coefficient (Wildman–Crippen LogP) is 3.03. The van der Waals surface area contributed by atoms with Gasteiger partial charge in [0.25, 0.3) is 5.69 Å². The van der Waals surface area contributed by atoms with E-state index in [0.717, 1.165) is 12.0 Å². The van der Waals surface area contributed by atoms with E-state index in [1.54, 1.807) is 17.8 Å². The molecule has 1 rings (SSSR count). The highest BCUT2D eigenvalue weighted by molar-refractivity contribution is 7.99. The lowest BCUT2D eigenvalue weighted by Gasteiger charge is -2.13. The number of hydrogen-bond acceptors (Lipinski definition) is 5. The first-order valence-electron chi connectivity index (χ1n) is 6.32. The van der Waals surface area contributed by atoms with Crippen molar-refractivity contribution in [2.45, 2.75) is 31.3 Å². The number of anilines is 1. The molecule has 2 N–H and O–H groups in total. The zero-order valence-corrected chi connectivity index (χ0v) is 12.1. The average Bonchev–Trinajstić information content (AvgIpc) is 2.42. The second-order valence-electron chi connectivity index (χ2n) is 4.30. The van der Waals surface area contributed by atoms with Crippen molar-refractivity contribution >= 4 is 23.1 Å². The Morgan fingerprint density at radius 3 is 2.84 bits per heavy atom. The van der Waals surface area contributed by atoms with Crippen LogP contribution in [0.25, 0.3) is 0 Å². The zero-order chi connectivity index (χ0) is 14.3. The summed E-state index contributed by atoms with van der Waals surface area (Å²) < 4.78 is 0. The van der Waals surface area contributed by atoms with Crippen molar-refractivity contribution in [3.05, 3.63) is 33.9 Å². The van der Waals surface area contributed by atoms with E-state index in [1.807, 2.05) is 19.9 Å². The summed E-state index contributed by atoms with van der Waals surface area (Å²) in [5.41, 5.74) is 1.63. The minimum atomic E-state index is -0.359. The molecule has 0 aliphatic carbocycles. The molecule has 5 nitrogen and oxygen atoms in total. The minimum absolute atomic E-state index is 0.108. The van der Waals surface area contributed by atoms with Gasteiger partial charge < -0.3 is 10.4 Å². The lowest BCUT2D eigenvalue weighted by atomic mass is 10.1. The Morgan fingerprint density at radius 1 is 1.53 bits per heavy atom. The third-order valence-corrected chi connectivity index (χ3v) is 3.85. The Labute approximate surface area is 117 Å². The molecule has 0 amide bonds. The summed E-state index contributed by atoms with van der Waals surface area (Å²) in [5.74, 6) is 0.648. The van der Waals surface area contributed by atoms with E-state index in [1.165, 1.54) is 6.07 Å². The number of rotatable bonds is 8. The topological polar surface area (TPSA) is 75.4 Å². The molecule has 0 aliphatic rings. The SMILES string of the molecule is CCCNc1c(CSC(C)CO)cccc1[N+](=O)[O-]. The first-order valence-corrected chi connectivity index (χ1v) is 7.37. The summed E-state index contributed by atoms with van der Waals surface area (Å²) in [7, 11) is 0. The van der Waals surface area contributed by atoms with Crippen molar-refractivity contribution in [1.29, 1.82) is 0 Å². The highest BCUT2D eigenvalue weighted by Gasteiger charge is 2.17. The van der Waals surface area contributed by atoms with E-state index in [2.05, 4.69) is 5.32 Å². The van der Waals surface area contributed by atoms with Crippen LogP contribution in [0.5, 0.6) is 0 Å². The van der Waals surface area contributed by atoms with E-state index in [-0.39, 0.29) is 22.5 Å². The fraction of sp³-hybridized carbons (Fsp3) is 0.538. The van der Waals surface area contributed by atoms with Crippen LogP contribution in [-0.2, 0) is 5.75 Å². The number of nitrogens with zero attached hydrogens (tertiary/aromatic N) is 1. The van der Waals surface area contributed by atoms with Gasteiger partial charge in [0.1, 0.15) is 5.69 Å². The smallest absolute Gasteiger partial charge is 0.292 e. The van der Waals surface area contributed by atoms with Gasteiger partial charge in [0, 0.05) is 23.6 Å². The minimum Gasteiger partial charge on any atom is -0.395 e. The van der Waals surface area contributed by atoms with E-state index in [4.69, 9.17) is 5.11 Å². The predicted molar refractivity (Wildman–Crippen MR) is 79.7 cm³/mol. The highest BCUT2D eigenvalue weighted by atomic mass is 32.2. The second-order valence-corrected chi connectivity index (χ2v) is 5.73. The summed E-state index contributed by atoms with van der Waals surface area (Å²) in [6.45, 7) is 4.76. The summed E-state index contributed by atoms with van der Waals surface area (Å²) >= 11 is 1.58. The molecule has 1 unspecified atom stereocenters. The molecule has 0 fully saturated rings. The molecule has 0 heterocycles. The molecular formula is C13H20N2O3S. The van der Waals surface area contributed by atoms with Gasteiger partial charge in [0.05, 0.1) is 11.5 Å². The van der Waals surface area contributed by atoms with Crippen molar-refractivity contribution in [3.8, 4) is 0 Å². The number of hydrogen-bond donors (Lipinski definition) is 2. The Bertz CT molecular complexity index is 426. The van der Waals surface area contributed by atoms with E-state index >= 15 is 0 Å². The fourth-order valence-electron chi connectivity index (χ4n) is 1.60. The molecule has 0 aromatic heterocycles. The molecule has 0 saturated carbocycles. The molecule has 0 bridgehead atoms. The molecule has 1 atom stereocenters. The monoisotopic (exact) mass is 284 g/mol. The van der Waals surface area contributed by atoms with Gasteiger partial charge in [-0.2, -0.15) is 11.8 Å². The Balaban J connectivity index is 2.94. The first-order chi connectivity index (χ1) is 9.10. The molecule has 1 aromatic carbocycles. The van der Waals surface area contributed by atoms with Gasteiger partial charge in [-0.1, -0.05) is 26.0 Å². The molecule has 0 saturated heterocycles. The van der Waals surface area contributed by atoms with Crippen LogP contribution in [0.1, 0.15) is 25.8 Å². The summed E-state index contributed by atoms with van der Waals surface area (Å²) in [6, 6.07) is 5.11. The maximum atomic E-state index is 11.1. The maximum absolute atomic E-state index is 11.1. The van der Waals surface area contributed by atoms with Crippen LogP contribution >= 0.6 is 11.8 Å². The van der Waals surface area contributed by atoms with E-state index < -0.39 is 0 Å². The lowest BCUT2D eigenvalue weighted by molar-refractivity contribution is -0.384. The Hall–Kier alpha value is -1.27. The van der Waals surface area contributed by atoms with Crippen LogP contribution < -0.4 is 5.32 Å². The molecule has 6 heteroatoms. The molecular weight excluding hydrogens is 264 g/mol. The van der Waals surface area contributed by atoms with Crippen molar-refractivity contribution < 1.29 is 10.0 Å². The molecule has 0 spiro atoms. The van der Waals surface area contributed by atoms with Gasteiger partial charge >= 0.3 is 0 Å². The number of nitrogens with one attached hydrogen (secondary N) is 1. The average molecular weight is 284 g/mol. The van der Waals surface area contributed by atoms with Gasteiger partial charge in [0.2, 0.25) is 0 Å². The van der Waals surface area contributed by atoms with Gasteiger partial charge in [-0.25, -0.2) is 0 Å². The largest absolute Gasteiger partial charge is 0.395 e. The molecule has 0 aliphatic heterocycles. The van der Waals surface area contributed by atoms with Crippen molar-refractivity contribution in [3.63, 3.8) is 0 Å². The third kappa shape index (κ3) is 4.72. The number of nitro benzene ring substituents is 1. The number of para-hydroxylation sites is 1. The quantitative estimate of drug-likeness (QED) is 0.567. The zero-order valence-electron chi connectivity index (χ0n) is 11.3. The first kappa shape index (κ1) is 15.8. The molecule has 1 aromatic rings. The Morgan fingerprint density at radius 2 is 2.26 bits per heavy atom. The van der Waals surface area contributed by atoms with Crippen molar-refractivity contribution in [2.24, 2.45) is 0 Å². The third-order valence-electron chi connectivity index (χ3n) is 2.66. The maximum Gasteiger partial charge on any atom is 0.292 e. The van der Waals surface area contributed by atoms with E-state index in [0.29, 0.717) is 18.0 Å². The van der Waals surface area contributed by atoms with Crippen LogP contribution in [0, 0.1) is 10.1 Å². The standard InChI is InChI=1S/C13H20N2O3S/c1-3-7-14-13-11(9-19-10(2)8-16)5-4-6-12(13)15(17)18/h4-6,10,14,16H,3,7-9H2,1-2H3. The summed E-state index contributed by atoms with van der Waals surface area (Å²) in [5, 5.41) is 23.3. The highest BCUT2D eigenvalue weighted by Crippen LogP contribution is 2.31. The summed E-state index contributed by atoms with van der Waals surface area (Å²) in [6.07, 6.45) is 0.908. The van der Waals surface area contributed by atoms with Crippen molar-refractivity contribution in [2.75, 3.05) is 18.5 Å². The summed E-state index contributed by atoms with van der Waals surface area (Å²) in [4.78, 5) is 10.7. The number of aliphatic hydroxyl groups is 1. The van der Waals surface area contributed by atoms with Gasteiger partial charge in [0.15, 0.2) is 0 Å². The van der Waals surface area contributed by atoms with Crippen LogP contribution in [0.4, 0.5) is 11.4 Å². The normalized spacial score (nSPS) is 12.2. The van der Waals surface area contributed by atoms with Crippen LogP contribution in [0.3, 0.4) is 0 Å². The number of benzene rings is 1. The molecule has 0 radical (unpaired) electrons. The van der Waals surface area contributed by atoms with Crippen molar-refractivity contribution in [1.82, 2.24) is 0 Å². The molecule has 19 heavy (non-hydrogen) atoms. The number of nitro groups is 1. The number of thioether (sulfide) groups is 1. The van der Waals surface area contributed by atoms with Gasteiger partial charge in [-0.05, 0) is 12.0 Å².